The van der Waals surface area contributed by atoms with Crippen LogP contribution in [0.2, 0.25) is 0 Å². The normalized spacial score (nSPS) is 17.0. The van der Waals surface area contributed by atoms with Crippen molar-refractivity contribution >= 4 is 17.4 Å². The highest BCUT2D eigenvalue weighted by molar-refractivity contribution is 5.82. The van der Waals surface area contributed by atoms with Crippen molar-refractivity contribution in [3.8, 4) is 5.82 Å². The Kier molecular flexibility index (Phi) is 5.01. The minimum atomic E-state index is 0.0250. The maximum Gasteiger partial charge on any atom is 0.229 e. The molecule has 2 saturated heterocycles. The quantitative estimate of drug-likeness (QED) is 0.634. The summed E-state index contributed by atoms with van der Waals surface area (Å²) < 4.78 is 1.60. The number of aromatic nitrogens is 5. The van der Waals surface area contributed by atoms with Crippen LogP contribution in [0.4, 0.5) is 11.5 Å². The average molecular weight is 419 g/mol. The zero-order valence-electron chi connectivity index (χ0n) is 17.8. The van der Waals surface area contributed by atoms with Gasteiger partial charge in [0.2, 0.25) is 5.91 Å². The molecule has 2 aromatic heterocycles. The number of piperazine rings is 1. The van der Waals surface area contributed by atoms with Crippen LogP contribution < -0.4 is 9.80 Å². The van der Waals surface area contributed by atoms with E-state index in [4.69, 9.17) is 0 Å². The van der Waals surface area contributed by atoms with Gasteiger partial charge in [0, 0.05) is 51.0 Å². The summed E-state index contributed by atoms with van der Waals surface area (Å²) in [5, 5.41) is 4.11. The molecular formula is C22H26N8O. The van der Waals surface area contributed by atoms with Crippen LogP contribution in [0.3, 0.4) is 0 Å². The van der Waals surface area contributed by atoms with E-state index in [1.807, 2.05) is 11.0 Å². The molecule has 160 valence electrons. The number of anilines is 2. The summed E-state index contributed by atoms with van der Waals surface area (Å²) in [6, 6.07) is 8.43. The van der Waals surface area contributed by atoms with Crippen molar-refractivity contribution in [1.82, 2.24) is 29.6 Å². The van der Waals surface area contributed by atoms with Gasteiger partial charge >= 0.3 is 0 Å². The average Bonchev–Trinajstić information content (AvgIpc) is 3.30. The van der Waals surface area contributed by atoms with Crippen LogP contribution in [0, 0.1) is 19.8 Å². The van der Waals surface area contributed by atoms with Gasteiger partial charge in [-0.1, -0.05) is 12.1 Å². The summed E-state index contributed by atoms with van der Waals surface area (Å²) in [6.45, 7) is 8.93. The Balaban J connectivity index is 1.16. The number of nitrogens with zero attached hydrogens (tertiary/aromatic N) is 8. The van der Waals surface area contributed by atoms with Gasteiger partial charge in [0.25, 0.3) is 0 Å². The Morgan fingerprint density at radius 2 is 1.71 bits per heavy atom. The molecule has 3 aromatic rings. The number of carbonyl (C=O) groups excluding carboxylic acids is 1. The number of hydrogen-bond donors (Lipinski definition) is 0. The summed E-state index contributed by atoms with van der Waals surface area (Å²) in [4.78, 5) is 32.1. The molecule has 0 saturated carbocycles. The van der Waals surface area contributed by atoms with Crippen molar-refractivity contribution in [3.63, 3.8) is 0 Å². The summed E-state index contributed by atoms with van der Waals surface area (Å²) in [5.41, 5.74) is 3.84. The number of aryl methyl sites for hydroxylation is 2. The van der Waals surface area contributed by atoms with Crippen molar-refractivity contribution in [3.05, 3.63) is 54.4 Å². The summed E-state index contributed by atoms with van der Waals surface area (Å²) >= 11 is 0. The minimum Gasteiger partial charge on any atom is -0.368 e. The van der Waals surface area contributed by atoms with Gasteiger partial charge in [-0.05, 0) is 31.0 Å². The lowest BCUT2D eigenvalue weighted by atomic mass is 9.98. The van der Waals surface area contributed by atoms with Gasteiger partial charge in [-0.25, -0.2) is 19.6 Å². The molecule has 9 heteroatoms. The lowest BCUT2D eigenvalue weighted by Gasteiger charge is -2.43. The third-order valence-corrected chi connectivity index (χ3v) is 6.14. The van der Waals surface area contributed by atoms with Crippen molar-refractivity contribution in [1.29, 1.82) is 0 Å². The first-order chi connectivity index (χ1) is 15.1. The highest BCUT2D eigenvalue weighted by atomic mass is 16.2. The Hall–Kier alpha value is -3.49. The van der Waals surface area contributed by atoms with Gasteiger partial charge in [0.15, 0.2) is 5.82 Å². The third kappa shape index (κ3) is 3.83. The third-order valence-electron chi connectivity index (χ3n) is 6.14. The van der Waals surface area contributed by atoms with E-state index in [-0.39, 0.29) is 11.8 Å². The Morgan fingerprint density at radius 3 is 2.45 bits per heavy atom. The number of amides is 1. The maximum atomic E-state index is 13.0. The molecule has 2 fully saturated rings. The van der Waals surface area contributed by atoms with Crippen molar-refractivity contribution in [2.45, 2.75) is 13.8 Å². The monoisotopic (exact) mass is 418 g/mol. The molecule has 2 aliphatic rings. The zero-order chi connectivity index (χ0) is 21.4. The molecule has 1 amide bonds. The van der Waals surface area contributed by atoms with E-state index in [2.05, 4.69) is 61.9 Å². The molecule has 0 N–H and O–H groups in total. The number of rotatable bonds is 4. The van der Waals surface area contributed by atoms with Gasteiger partial charge in [-0.2, -0.15) is 5.10 Å². The van der Waals surface area contributed by atoms with E-state index in [0.717, 1.165) is 32.0 Å². The molecule has 2 aliphatic heterocycles. The molecule has 0 unspecified atom stereocenters. The number of carbonyl (C=O) groups is 1. The summed E-state index contributed by atoms with van der Waals surface area (Å²) in [6.07, 6.45) is 4.60. The second-order valence-electron chi connectivity index (χ2n) is 8.28. The zero-order valence-corrected chi connectivity index (χ0v) is 17.8. The molecule has 31 heavy (non-hydrogen) atoms. The largest absolute Gasteiger partial charge is 0.368 e. The molecule has 9 nitrogen and oxygen atoms in total. The van der Waals surface area contributed by atoms with Crippen LogP contribution in [0.25, 0.3) is 5.82 Å². The van der Waals surface area contributed by atoms with Gasteiger partial charge < -0.3 is 14.7 Å². The highest BCUT2D eigenvalue weighted by Crippen LogP contribution is 2.27. The molecule has 0 spiro atoms. The van der Waals surface area contributed by atoms with Crippen molar-refractivity contribution in [2.75, 3.05) is 49.1 Å². The van der Waals surface area contributed by atoms with E-state index in [1.165, 1.54) is 29.5 Å². The Labute approximate surface area is 181 Å². The lowest BCUT2D eigenvalue weighted by molar-refractivity contribution is -0.136. The molecule has 4 heterocycles. The molecule has 0 aliphatic carbocycles. The maximum absolute atomic E-state index is 13.0. The molecule has 5 rings (SSSR count). The van der Waals surface area contributed by atoms with E-state index >= 15 is 0 Å². The minimum absolute atomic E-state index is 0.0250. The Morgan fingerprint density at radius 1 is 0.935 bits per heavy atom. The fourth-order valence-corrected chi connectivity index (χ4v) is 4.27. The first-order valence-corrected chi connectivity index (χ1v) is 10.6. The second kappa shape index (κ2) is 7.98. The van der Waals surface area contributed by atoms with E-state index < -0.39 is 0 Å². The molecular weight excluding hydrogens is 392 g/mol. The molecule has 0 radical (unpaired) electrons. The number of benzene rings is 1. The van der Waals surface area contributed by atoms with Gasteiger partial charge in [-0.3, -0.25) is 4.79 Å². The topological polar surface area (TPSA) is 83.3 Å². The van der Waals surface area contributed by atoms with Gasteiger partial charge in [0.1, 0.15) is 24.8 Å². The first kappa shape index (κ1) is 19.5. The van der Waals surface area contributed by atoms with Crippen LogP contribution in [-0.4, -0.2) is 74.8 Å². The lowest BCUT2D eigenvalue weighted by Crippen LogP contribution is -2.58. The van der Waals surface area contributed by atoms with Gasteiger partial charge in [-0.15, -0.1) is 0 Å². The summed E-state index contributed by atoms with van der Waals surface area (Å²) in [5.74, 6) is 1.75. The smallest absolute Gasteiger partial charge is 0.229 e. The Bertz CT molecular complexity index is 1070. The van der Waals surface area contributed by atoms with Crippen LogP contribution in [0.5, 0.6) is 0 Å². The van der Waals surface area contributed by atoms with E-state index in [0.29, 0.717) is 18.9 Å². The fourth-order valence-electron chi connectivity index (χ4n) is 4.27. The van der Waals surface area contributed by atoms with E-state index in [1.54, 1.807) is 11.0 Å². The second-order valence-corrected chi connectivity index (χ2v) is 8.28. The standard InChI is InChI=1S/C22H26N8O/c1-16-3-4-17(2)19(9-16)27-5-7-28(8-6-27)22(31)18-11-29(12-18)20-10-21(25-14-24-20)30-15-23-13-26-30/h3-4,9-10,13-15,18H,5-8,11-12H2,1-2H3. The molecule has 0 atom stereocenters. The van der Waals surface area contributed by atoms with E-state index in [9.17, 15) is 4.79 Å². The predicted octanol–water partition coefficient (Wildman–Crippen LogP) is 1.46. The van der Waals surface area contributed by atoms with Gasteiger partial charge in [0.05, 0.1) is 5.92 Å². The molecule has 1 aromatic carbocycles. The number of hydrogen-bond acceptors (Lipinski definition) is 7. The van der Waals surface area contributed by atoms with Crippen molar-refractivity contribution in [2.24, 2.45) is 5.92 Å². The SMILES string of the molecule is Cc1ccc(C)c(N2CCN(C(=O)C3CN(c4cc(-n5cncn5)ncn4)C3)CC2)c1. The first-order valence-electron chi connectivity index (χ1n) is 10.6. The van der Waals surface area contributed by atoms with Crippen LogP contribution in [0.1, 0.15) is 11.1 Å². The highest BCUT2D eigenvalue weighted by Gasteiger charge is 2.37. The van der Waals surface area contributed by atoms with Crippen molar-refractivity contribution < 1.29 is 4.79 Å². The van der Waals surface area contributed by atoms with Crippen LogP contribution >= 0.6 is 0 Å². The molecule has 0 bridgehead atoms. The predicted molar refractivity (Wildman–Crippen MR) is 117 cm³/mol. The van der Waals surface area contributed by atoms with Crippen LogP contribution in [0.15, 0.2) is 43.2 Å². The van der Waals surface area contributed by atoms with Crippen LogP contribution in [-0.2, 0) is 4.79 Å². The summed E-state index contributed by atoms with van der Waals surface area (Å²) in [7, 11) is 0. The fraction of sp³-hybridized carbons (Fsp3) is 0.409.